The van der Waals surface area contributed by atoms with Crippen molar-refractivity contribution in [2.24, 2.45) is 0 Å². The molecule has 0 unspecified atom stereocenters. The lowest BCUT2D eigenvalue weighted by atomic mass is 10.1. The molecule has 16 nitrogen and oxygen atoms in total. The van der Waals surface area contributed by atoms with Gasteiger partial charge in [0.05, 0.1) is 40.7 Å². The number of hydrogen-bond donors (Lipinski definition) is 6. The minimum Gasteiger partial charge on any atom is -0.478 e. The minimum atomic E-state index is -1.01. The molecule has 4 aromatic carbocycles. The van der Waals surface area contributed by atoms with E-state index < -0.39 is 17.9 Å². The quantitative estimate of drug-likeness (QED) is 0.0883. The summed E-state index contributed by atoms with van der Waals surface area (Å²) in [6.45, 7) is 10.9. The maximum atomic E-state index is 12.0. The van der Waals surface area contributed by atoms with Crippen LogP contribution in [0, 0.1) is 0 Å². The summed E-state index contributed by atoms with van der Waals surface area (Å²) in [5.41, 5.74) is 8.63. The number of rotatable bonds is 6. The van der Waals surface area contributed by atoms with Crippen molar-refractivity contribution in [3.8, 4) is 0 Å². The van der Waals surface area contributed by atoms with Crippen molar-refractivity contribution in [1.29, 1.82) is 0 Å². The Morgan fingerprint density at radius 3 is 1.25 bits per heavy atom. The molecule has 0 aliphatic carbocycles. The van der Waals surface area contributed by atoms with E-state index >= 15 is 0 Å². The van der Waals surface area contributed by atoms with E-state index in [9.17, 15) is 38.4 Å². The van der Waals surface area contributed by atoms with Gasteiger partial charge >= 0.3 is 17.9 Å². The Labute approximate surface area is 369 Å². The largest absolute Gasteiger partial charge is 0.478 e. The number of aromatic carboxylic acids is 1. The van der Waals surface area contributed by atoms with E-state index in [1.54, 1.807) is 67.7 Å². The van der Waals surface area contributed by atoms with Crippen molar-refractivity contribution in [3.05, 3.63) is 141 Å². The highest BCUT2D eigenvalue weighted by Crippen LogP contribution is 2.41. The zero-order valence-corrected chi connectivity index (χ0v) is 36.0. The van der Waals surface area contributed by atoms with Crippen molar-refractivity contribution in [2.45, 2.75) is 0 Å². The van der Waals surface area contributed by atoms with Crippen LogP contribution in [-0.4, -0.2) is 86.3 Å². The monoisotopic (exact) mass is 889 g/mol. The number of carboxylic acid groups (broad SMARTS) is 1. The Hall–Kier alpha value is -7.70. The Morgan fingerprint density at radius 2 is 0.873 bits per heavy atom. The summed E-state index contributed by atoms with van der Waals surface area (Å²) in [7, 11) is 4.21. The summed E-state index contributed by atoms with van der Waals surface area (Å²) in [6.07, 6.45) is 3.85. The second-order valence-corrected chi connectivity index (χ2v) is 15.1. The minimum absolute atomic E-state index is 0.129. The van der Waals surface area contributed by atoms with Crippen LogP contribution >= 0.6 is 23.5 Å². The van der Waals surface area contributed by atoms with Crippen molar-refractivity contribution in [2.75, 3.05) is 55.0 Å². The number of carboxylic acids is 1. The number of carbonyl (C=O) groups is 8. The van der Waals surface area contributed by atoms with Gasteiger partial charge in [0.25, 0.3) is 29.5 Å². The van der Waals surface area contributed by atoms with Crippen LogP contribution in [0.2, 0.25) is 0 Å². The molecular formula is C45H39N5O11S2. The lowest BCUT2D eigenvalue weighted by Crippen LogP contribution is -2.17. The number of amides is 5. The zero-order chi connectivity index (χ0) is 46.3. The molecule has 4 aliphatic rings. The molecule has 0 fully saturated rings. The summed E-state index contributed by atoms with van der Waals surface area (Å²) >= 11 is 3.04. The first-order chi connectivity index (χ1) is 30.0. The van der Waals surface area contributed by atoms with Crippen molar-refractivity contribution < 1.29 is 52.9 Å². The number of benzene rings is 4. The van der Waals surface area contributed by atoms with Crippen LogP contribution in [0.5, 0.6) is 0 Å². The van der Waals surface area contributed by atoms with E-state index in [1.807, 2.05) is 12.5 Å². The molecule has 63 heavy (non-hydrogen) atoms. The number of anilines is 4. The van der Waals surface area contributed by atoms with Gasteiger partial charge in [0.1, 0.15) is 0 Å². The molecule has 18 heteroatoms. The third kappa shape index (κ3) is 9.93. The van der Waals surface area contributed by atoms with Gasteiger partial charge in [-0.25, -0.2) is 14.4 Å². The van der Waals surface area contributed by atoms with Crippen LogP contribution in [0.4, 0.5) is 22.7 Å². The second-order valence-electron chi connectivity index (χ2n) is 13.2. The van der Waals surface area contributed by atoms with Crippen LogP contribution < -0.4 is 26.6 Å². The first kappa shape index (κ1) is 46.4. The SMILES string of the molecule is C=C1C(=O)Nc2ccc(C(=O)NC)cc21.C=C1C(=O)Nc2ccc(C(=O)O)cc21.C=C1C(=O)Nc2ccc(C(=O)OC)cc21.COC(=O)c1ccc2c(c1)C(=C(SC)SC)C(=O)N2. The average Bonchev–Trinajstić information content (AvgIpc) is 3.97. The Morgan fingerprint density at radius 1 is 0.540 bits per heavy atom. The first-order valence-electron chi connectivity index (χ1n) is 18.3. The molecule has 0 bridgehead atoms. The van der Waals surface area contributed by atoms with Gasteiger partial charge in [-0.15, -0.1) is 23.5 Å². The maximum absolute atomic E-state index is 12.0. The van der Waals surface area contributed by atoms with Crippen LogP contribution in [0.3, 0.4) is 0 Å². The van der Waals surface area contributed by atoms with Crippen LogP contribution in [0.1, 0.15) is 63.7 Å². The molecule has 0 radical (unpaired) electrons. The molecule has 8 rings (SSSR count). The second kappa shape index (κ2) is 19.8. The maximum Gasteiger partial charge on any atom is 0.337 e. The van der Waals surface area contributed by atoms with E-state index in [4.69, 9.17) is 9.84 Å². The Kier molecular flexibility index (Phi) is 14.6. The summed E-state index contributed by atoms with van der Waals surface area (Å²) in [5.74, 6) is -2.87. The van der Waals surface area contributed by atoms with Gasteiger partial charge in [0.2, 0.25) is 0 Å². The number of hydrogen-bond acceptors (Lipinski definition) is 12. The van der Waals surface area contributed by atoms with Gasteiger partial charge < -0.3 is 41.2 Å². The fraction of sp³-hybridized carbons (Fsp3) is 0.111. The molecule has 0 spiro atoms. The van der Waals surface area contributed by atoms with Gasteiger partial charge in [-0.1, -0.05) is 19.7 Å². The highest BCUT2D eigenvalue weighted by atomic mass is 32.2. The van der Waals surface area contributed by atoms with Crippen LogP contribution in [-0.2, 0) is 28.7 Å². The average molecular weight is 890 g/mol. The number of ether oxygens (including phenoxy) is 2. The fourth-order valence-corrected chi connectivity index (χ4v) is 7.71. The number of nitrogens with one attached hydrogen (secondary N) is 5. The summed E-state index contributed by atoms with van der Waals surface area (Å²) in [6, 6.07) is 19.4. The smallest absolute Gasteiger partial charge is 0.337 e. The Bertz CT molecular complexity index is 2650. The van der Waals surface area contributed by atoms with Crippen molar-refractivity contribution in [1.82, 2.24) is 5.32 Å². The van der Waals surface area contributed by atoms with Gasteiger partial charge in [-0.2, -0.15) is 0 Å². The van der Waals surface area contributed by atoms with E-state index in [0.29, 0.717) is 72.7 Å². The van der Waals surface area contributed by atoms with Gasteiger partial charge in [0.15, 0.2) is 0 Å². The lowest BCUT2D eigenvalue weighted by molar-refractivity contribution is -0.111. The molecule has 0 aromatic heterocycles. The molecular weight excluding hydrogens is 851 g/mol. The van der Waals surface area contributed by atoms with E-state index in [0.717, 1.165) is 15.5 Å². The van der Waals surface area contributed by atoms with Crippen LogP contribution in [0.25, 0.3) is 22.3 Å². The summed E-state index contributed by atoms with van der Waals surface area (Å²) < 4.78 is 10.2. The molecule has 4 aromatic rings. The third-order valence-corrected chi connectivity index (χ3v) is 11.7. The molecule has 322 valence electrons. The normalized spacial score (nSPS) is 13.3. The highest BCUT2D eigenvalue weighted by molar-refractivity contribution is 8.22. The standard InChI is InChI=1S/C13H13NO3S2.C11H10N2O2.C11H9NO3.C10H7NO3/c1-17-12(16)7-4-5-9-8(6-7)10(11(15)14-9)13(18-2)19-3;1-6-8-5-7(11(15)12-2)3-4-9(8)13-10(6)14;1-6-8-5-7(11(14)15-2)3-4-9(8)12-10(6)13;1-5-7-4-6(10(13)14)2-3-8(7)11-9(5)12/h4-6H,1-3H3,(H,14,15);3-5H,1H2,2H3,(H,12,15)(H,13,14);3-5H,1H2,2H3,(H,12,13);2-4H,1H2,(H,11,12)(H,13,14). The third-order valence-electron chi connectivity index (χ3n) is 9.52. The van der Waals surface area contributed by atoms with E-state index in [-0.39, 0.29) is 35.1 Å². The molecule has 0 saturated heterocycles. The Balaban J connectivity index is 0.000000159. The molecule has 4 aliphatic heterocycles. The fourth-order valence-electron chi connectivity index (χ4n) is 6.23. The number of fused-ring (bicyclic) bond motifs is 4. The molecule has 4 heterocycles. The molecule has 5 amide bonds. The number of carbonyl (C=O) groups excluding carboxylic acids is 7. The van der Waals surface area contributed by atoms with Gasteiger partial charge in [-0.05, 0) is 85.3 Å². The lowest BCUT2D eigenvalue weighted by Gasteiger charge is -2.06. The van der Waals surface area contributed by atoms with E-state index in [1.165, 1.54) is 49.9 Å². The van der Waals surface area contributed by atoms with E-state index in [2.05, 4.69) is 51.1 Å². The van der Waals surface area contributed by atoms with Gasteiger partial charge in [-0.3, -0.25) is 24.0 Å². The molecule has 0 saturated carbocycles. The predicted octanol–water partition coefficient (Wildman–Crippen LogP) is 6.62. The van der Waals surface area contributed by atoms with Crippen molar-refractivity contribution >= 4 is 116 Å². The van der Waals surface area contributed by atoms with Crippen LogP contribution in [0.15, 0.2) is 96.8 Å². The number of methoxy groups -OCH3 is 2. The number of thioether (sulfide) groups is 2. The first-order valence-corrected chi connectivity index (χ1v) is 20.8. The zero-order valence-electron chi connectivity index (χ0n) is 34.4. The molecule has 6 N–H and O–H groups in total. The molecule has 0 atom stereocenters. The summed E-state index contributed by atoms with van der Waals surface area (Å²) in [5, 5.41) is 21.9. The van der Waals surface area contributed by atoms with Crippen molar-refractivity contribution in [3.63, 3.8) is 0 Å². The summed E-state index contributed by atoms with van der Waals surface area (Å²) in [4.78, 5) is 90.5. The number of esters is 2. The predicted molar refractivity (Wildman–Crippen MR) is 244 cm³/mol. The topological polar surface area (TPSA) is 235 Å². The van der Waals surface area contributed by atoms with Gasteiger partial charge in [0, 0.05) is 74.3 Å². The highest BCUT2D eigenvalue weighted by Gasteiger charge is 2.29.